The number of hydrogen-bond acceptors (Lipinski definition) is 4. The Bertz CT molecular complexity index is 546. The molecule has 0 radical (unpaired) electrons. The van der Waals surface area contributed by atoms with Crippen molar-refractivity contribution < 1.29 is 17.9 Å². The molecule has 1 rings (SSSR count). The number of carbonyl (C=O) groups excluding carboxylic acids is 1. The van der Waals surface area contributed by atoms with Crippen molar-refractivity contribution in [1.82, 2.24) is 4.72 Å². The molecular weight excluding hydrogens is 278 g/mol. The van der Waals surface area contributed by atoms with Crippen LogP contribution in [0.1, 0.15) is 27.7 Å². The van der Waals surface area contributed by atoms with Crippen LogP contribution in [0.3, 0.4) is 0 Å². The van der Waals surface area contributed by atoms with Crippen molar-refractivity contribution in [3.05, 3.63) is 30.3 Å². The van der Waals surface area contributed by atoms with Crippen LogP contribution in [0, 0.1) is 5.41 Å². The van der Waals surface area contributed by atoms with Gasteiger partial charge in [-0.25, -0.2) is 8.42 Å². The molecule has 1 N–H and O–H groups in total. The highest BCUT2D eigenvalue weighted by Gasteiger charge is 2.36. The summed E-state index contributed by atoms with van der Waals surface area (Å²) in [5, 5.41) is 0. The predicted molar refractivity (Wildman–Crippen MR) is 76.6 cm³/mol. The van der Waals surface area contributed by atoms with Gasteiger partial charge in [-0.15, -0.1) is 0 Å². The first-order valence-electron chi connectivity index (χ1n) is 6.42. The van der Waals surface area contributed by atoms with Crippen molar-refractivity contribution in [3.8, 4) is 0 Å². The molecule has 0 spiro atoms. The minimum Gasteiger partial charge on any atom is -0.465 e. The molecule has 0 heterocycles. The number of sulfonamides is 1. The second-order valence-electron chi connectivity index (χ2n) is 5.49. The summed E-state index contributed by atoms with van der Waals surface area (Å²) in [5.74, 6) is -0.570. The second-order valence-corrected chi connectivity index (χ2v) is 7.20. The maximum Gasteiger partial charge on any atom is 0.324 e. The topological polar surface area (TPSA) is 72.5 Å². The first-order valence-corrected chi connectivity index (χ1v) is 7.91. The molecule has 1 aromatic rings. The largest absolute Gasteiger partial charge is 0.465 e. The highest BCUT2D eigenvalue weighted by atomic mass is 32.2. The number of carbonyl (C=O) groups is 1. The number of hydrogen-bond donors (Lipinski definition) is 1. The molecule has 1 unspecified atom stereocenters. The zero-order chi connectivity index (χ0) is 15.4. The van der Waals surface area contributed by atoms with Gasteiger partial charge in [0.1, 0.15) is 6.04 Å². The Hall–Kier alpha value is -1.40. The molecule has 0 aromatic heterocycles. The first-order chi connectivity index (χ1) is 9.18. The van der Waals surface area contributed by atoms with E-state index in [1.54, 1.807) is 45.9 Å². The molecule has 0 aliphatic carbocycles. The molecule has 20 heavy (non-hydrogen) atoms. The van der Waals surface area contributed by atoms with Gasteiger partial charge in [0.2, 0.25) is 10.0 Å². The number of esters is 1. The number of ether oxygens (including phenoxy) is 1. The van der Waals surface area contributed by atoms with Crippen LogP contribution in [0.5, 0.6) is 0 Å². The maximum atomic E-state index is 12.3. The van der Waals surface area contributed by atoms with Crippen LogP contribution in [0.15, 0.2) is 35.2 Å². The van der Waals surface area contributed by atoms with Crippen LogP contribution in [0.25, 0.3) is 0 Å². The third-order valence-electron chi connectivity index (χ3n) is 2.71. The Balaban J connectivity index is 3.04. The van der Waals surface area contributed by atoms with Crippen molar-refractivity contribution in [2.24, 2.45) is 5.41 Å². The van der Waals surface area contributed by atoms with E-state index in [0.717, 1.165) is 0 Å². The van der Waals surface area contributed by atoms with E-state index < -0.39 is 27.4 Å². The van der Waals surface area contributed by atoms with Gasteiger partial charge >= 0.3 is 5.97 Å². The van der Waals surface area contributed by atoms with E-state index in [9.17, 15) is 13.2 Å². The molecule has 0 aliphatic heterocycles. The Morgan fingerprint density at radius 2 is 1.80 bits per heavy atom. The summed E-state index contributed by atoms with van der Waals surface area (Å²) in [6.45, 7) is 7.23. The summed E-state index contributed by atoms with van der Waals surface area (Å²) >= 11 is 0. The molecule has 0 aliphatic rings. The van der Waals surface area contributed by atoms with Gasteiger partial charge < -0.3 is 4.74 Å². The summed E-state index contributed by atoms with van der Waals surface area (Å²) in [5.41, 5.74) is -0.589. The van der Waals surface area contributed by atoms with Gasteiger partial charge in [0.05, 0.1) is 11.5 Å². The fourth-order valence-corrected chi connectivity index (χ4v) is 3.04. The fourth-order valence-electron chi connectivity index (χ4n) is 1.63. The minimum absolute atomic E-state index is 0.124. The highest BCUT2D eigenvalue weighted by molar-refractivity contribution is 7.89. The van der Waals surface area contributed by atoms with Crippen molar-refractivity contribution in [3.63, 3.8) is 0 Å². The number of benzene rings is 1. The van der Waals surface area contributed by atoms with Crippen LogP contribution in [0.2, 0.25) is 0 Å². The van der Waals surface area contributed by atoms with Crippen LogP contribution < -0.4 is 4.72 Å². The van der Waals surface area contributed by atoms with E-state index in [-0.39, 0.29) is 11.5 Å². The number of rotatable bonds is 5. The van der Waals surface area contributed by atoms with Crippen LogP contribution in [0.4, 0.5) is 0 Å². The van der Waals surface area contributed by atoms with Crippen molar-refractivity contribution in [1.29, 1.82) is 0 Å². The lowest BCUT2D eigenvalue weighted by Gasteiger charge is -2.29. The Morgan fingerprint density at radius 1 is 1.25 bits per heavy atom. The smallest absolute Gasteiger partial charge is 0.324 e. The second kappa shape index (κ2) is 6.37. The van der Waals surface area contributed by atoms with E-state index >= 15 is 0 Å². The highest BCUT2D eigenvalue weighted by Crippen LogP contribution is 2.22. The Morgan fingerprint density at radius 3 is 2.25 bits per heavy atom. The molecule has 0 amide bonds. The molecule has 1 atom stereocenters. The van der Waals surface area contributed by atoms with E-state index in [1.807, 2.05) is 0 Å². The van der Waals surface area contributed by atoms with Crippen LogP contribution in [-0.4, -0.2) is 27.0 Å². The molecule has 1 aromatic carbocycles. The summed E-state index contributed by atoms with van der Waals surface area (Å²) in [4.78, 5) is 12.1. The zero-order valence-electron chi connectivity index (χ0n) is 12.2. The average Bonchev–Trinajstić information content (AvgIpc) is 2.36. The summed E-state index contributed by atoms with van der Waals surface area (Å²) in [6.07, 6.45) is 0. The molecular formula is C14H21NO4S. The van der Waals surface area contributed by atoms with Gasteiger partial charge in [0, 0.05) is 0 Å². The van der Waals surface area contributed by atoms with Gasteiger partial charge in [-0.1, -0.05) is 39.0 Å². The van der Waals surface area contributed by atoms with E-state index in [4.69, 9.17) is 4.74 Å². The van der Waals surface area contributed by atoms with E-state index in [1.165, 1.54) is 12.1 Å². The minimum atomic E-state index is -3.76. The van der Waals surface area contributed by atoms with Crippen molar-refractivity contribution in [2.45, 2.75) is 38.6 Å². The average molecular weight is 299 g/mol. The third kappa shape index (κ3) is 4.31. The predicted octanol–water partition coefficient (Wildman–Crippen LogP) is 1.94. The van der Waals surface area contributed by atoms with Gasteiger partial charge in [-0.3, -0.25) is 4.79 Å². The molecule has 112 valence electrons. The van der Waals surface area contributed by atoms with Crippen molar-refractivity contribution >= 4 is 16.0 Å². The van der Waals surface area contributed by atoms with Gasteiger partial charge in [0.25, 0.3) is 0 Å². The maximum absolute atomic E-state index is 12.3. The lowest BCUT2D eigenvalue weighted by molar-refractivity contribution is -0.147. The molecule has 0 bridgehead atoms. The summed E-state index contributed by atoms with van der Waals surface area (Å²) in [6, 6.07) is 7.01. The van der Waals surface area contributed by atoms with Crippen molar-refractivity contribution in [2.75, 3.05) is 6.61 Å². The molecule has 5 nitrogen and oxygen atoms in total. The van der Waals surface area contributed by atoms with Gasteiger partial charge in [0.15, 0.2) is 0 Å². The fraction of sp³-hybridized carbons (Fsp3) is 0.500. The van der Waals surface area contributed by atoms with E-state index in [2.05, 4.69) is 4.72 Å². The monoisotopic (exact) mass is 299 g/mol. The molecule has 0 saturated heterocycles. The molecule has 0 saturated carbocycles. The standard InChI is InChI=1S/C14H21NO4S/c1-5-19-13(16)12(14(2,3)4)15-20(17,18)11-9-7-6-8-10-11/h6-10,12,15H,5H2,1-4H3. The zero-order valence-corrected chi connectivity index (χ0v) is 13.0. The molecule has 6 heteroatoms. The summed E-state index contributed by atoms with van der Waals surface area (Å²) < 4.78 is 31.9. The normalized spacial score (nSPS) is 13.8. The summed E-state index contributed by atoms with van der Waals surface area (Å²) in [7, 11) is -3.76. The van der Waals surface area contributed by atoms with Crippen LogP contribution in [-0.2, 0) is 19.6 Å². The molecule has 0 fully saturated rings. The Labute approximate surface area is 120 Å². The van der Waals surface area contributed by atoms with E-state index in [0.29, 0.717) is 0 Å². The Kier molecular flexibility index (Phi) is 5.30. The van der Waals surface area contributed by atoms with Gasteiger partial charge in [-0.2, -0.15) is 4.72 Å². The quantitative estimate of drug-likeness (QED) is 0.843. The lowest BCUT2D eigenvalue weighted by atomic mass is 9.87. The number of nitrogens with one attached hydrogen (secondary N) is 1. The first kappa shape index (κ1) is 16.7. The SMILES string of the molecule is CCOC(=O)C(NS(=O)(=O)c1ccccc1)C(C)(C)C. The lowest BCUT2D eigenvalue weighted by Crippen LogP contribution is -2.49. The van der Waals surface area contributed by atoms with Crippen LogP contribution >= 0.6 is 0 Å². The van der Waals surface area contributed by atoms with Gasteiger partial charge in [-0.05, 0) is 24.5 Å². The third-order valence-corrected chi connectivity index (χ3v) is 4.15.